The summed E-state index contributed by atoms with van der Waals surface area (Å²) in [6.07, 6.45) is 0.860. The maximum atomic E-state index is 12.1. The van der Waals surface area contributed by atoms with Gasteiger partial charge in [-0.05, 0) is 54.8 Å². The SMILES string of the molecule is Cc1cc(O)ccc1C(=O)NCc1ccc(CCN)cc1. The van der Waals surface area contributed by atoms with Crippen LogP contribution in [0, 0.1) is 6.92 Å². The number of nitrogens with two attached hydrogens (primary N) is 1. The molecule has 1 amide bonds. The van der Waals surface area contributed by atoms with Crippen molar-refractivity contribution in [2.24, 2.45) is 5.73 Å². The van der Waals surface area contributed by atoms with E-state index in [2.05, 4.69) is 5.32 Å². The normalized spacial score (nSPS) is 10.4. The Kier molecular flexibility index (Phi) is 4.95. The van der Waals surface area contributed by atoms with Gasteiger partial charge in [-0.15, -0.1) is 0 Å². The molecular formula is C17H20N2O2. The average Bonchev–Trinajstić information content (AvgIpc) is 2.46. The second kappa shape index (κ2) is 6.90. The first kappa shape index (κ1) is 15.1. The highest BCUT2D eigenvalue weighted by Gasteiger charge is 2.09. The molecule has 2 aromatic carbocycles. The van der Waals surface area contributed by atoms with Gasteiger partial charge in [-0.3, -0.25) is 4.79 Å². The number of carbonyl (C=O) groups is 1. The Balaban J connectivity index is 1.97. The number of phenolic OH excluding ortho intramolecular Hbond substituents is 1. The number of phenols is 1. The fraction of sp³-hybridized carbons (Fsp3) is 0.235. The summed E-state index contributed by atoms with van der Waals surface area (Å²) in [7, 11) is 0. The molecule has 110 valence electrons. The van der Waals surface area contributed by atoms with Crippen LogP contribution >= 0.6 is 0 Å². The first-order valence-corrected chi connectivity index (χ1v) is 6.96. The van der Waals surface area contributed by atoms with Crippen molar-refractivity contribution in [3.8, 4) is 5.75 Å². The van der Waals surface area contributed by atoms with E-state index in [1.165, 1.54) is 11.6 Å². The Hall–Kier alpha value is -2.33. The molecular weight excluding hydrogens is 264 g/mol. The zero-order valence-electron chi connectivity index (χ0n) is 12.1. The second-order valence-electron chi connectivity index (χ2n) is 5.04. The number of hydrogen-bond donors (Lipinski definition) is 3. The van der Waals surface area contributed by atoms with E-state index in [1.807, 2.05) is 24.3 Å². The Morgan fingerprint density at radius 1 is 1.14 bits per heavy atom. The zero-order chi connectivity index (χ0) is 15.2. The van der Waals surface area contributed by atoms with Gasteiger partial charge in [0, 0.05) is 12.1 Å². The number of nitrogens with one attached hydrogen (secondary N) is 1. The molecule has 4 heteroatoms. The van der Waals surface area contributed by atoms with E-state index in [-0.39, 0.29) is 11.7 Å². The lowest BCUT2D eigenvalue weighted by atomic mass is 10.1. The molecule has 21 heavy (non-hydrogen) atoms. The lowest BCUT2D eigenvalue weighted by molar-refractivity contribution is 0.0950. The fourth-order valence-electron chi connectivity index (χ4n) is 2.17. The summed E-state index contributed by atoms with van der Waals surface area (Å²) in [6.45, 7) is 2.91. The molecule has 0 saturated carbocycles. The highest BCUT2D eigenvalue weighted by Crippen LogP contribution is 2.15. The number of benzene rings is 2. The summed E-state index contributed by atoms with van der Waals surface area (Å²) < 4.78 is 0. The van der Waals surface area contributed by atoms with Crippen LogP contribution in [0.1, 0.15) is 27.0 Å². The average molecular weight is 284 g/mol. The van der Waals surface area contributed by atoms with Gasteiger partial charge in [-0.2, -0.15) is 0 Å². The number of aromatic hydroxyl groups is 1. The number of amides is 1. The van der Waals surface area contributed by atoms with E-state index in [1.54, 1.807) is 19.1 Å². The summed E-state index contributed by atoms with van der Waals surface area (Å²) in [5.74, 6) is 0.0260. The first-order valence-electron chi connectivity index (χ1n) is 6.96. The lowest BCUT2D eigenvalue weighted by Crippen LogP contribution is -2.23. The maximum Gasteiger partial charge on any atom is 0.251 e. The minimum atomic E-state index is -0.140. The first-order chi connectivity index (χ1) is 10.1. The summed E-state index contributed by atoms with van der Waals surface area (Å²) in [6, 6.07) is 12.8. The molecule has 0 fully saturated rings. The Bertz CT molecular complexity index is 621. The second-order valence-corrected chi connectivity index (χ2v) is 5.04. The molecule has 0 aliphatic carbocycles. The third-order valence-electron chi connectivity index (χ3n) is 3.36. The quantitative estimate of drug-likeness (QED) is 0.787. The minimum absolute atomic E-state index is 0.140. The summed E-state index contributed by atoms with van der Waals surface area (Å²) >= 11 is 0. The summed E-state index contributed by atoms with van der Waals surface area (Å²) in [4.78, 5) is 12.1. The standard InChI is InChI=1S/C17H20N2O2/c1-12-10-15(20)6-7-16(12)17(21)19-11-14-4-2-13(3-5-14)8-9-18/h2-7,10,20H,8-9,11,18H2,1H3,(H,19,21). The van der Waals surface area contributed by atoms with Crippen LogP contribution in [0.3, 0.4) is 0 Å². The summed E-state index contributed by atoms with van der Waals surface area (Å²) in [5, 5.41) is 12.2. The third kappa shape index (κ3) is 4.07. The minimum Gasteiger partial charge on any atom is -0.508 e. The van der Waals surface area contributed by atoms with Gasteiger partial charge < -0.3 is 16.2 Å². The van der Waals surface area contributed by atoms with Gasteiger partial charge in [0.05, 0.1) is 0 Å². The Labute approximate surface area is 124 Å². The molecule has 0 aliphatic rings. The van der Waals surface area contributed by atoms with E-state index in [4.69, 9.17) is 5.73 Å². The van der Waals surface area contributed by atoms with Crippen molar-refractivity contribution in [1.82, 2.24) is 5.32 Å². The number of carbonyl (C=O) groups excluding carboxylic acids is 1. The van der Waals surface area contributed by atoms with E-state index in [0.717, 1.165) is 17.5 Å². The molecule has 4 N–H and O–H groups in total. The maximum absolute atomic E-state index is 12.1. The molecule has 0 spiro atoms. The molecule has 0 saturated heterocycles. The topological polar surface area (TPSA) is 75.3 Å². The van der Waals surface area contributed by atoms with Gasteiger partial charge in [0.1, 0.15) is 5.75 Å². The van der Waals surface area contributed by atoms with Gasteiger partial charge in [-0.1, -0.05) is 24.3 Å². The largest absolute Gasteiger partial charge is 0.508 e. The van der Waals surface area contributed by atoms with Crippen molar-refractivity contribution in [2.45, 2.75) is 19.9 Å². The van der Waals surface area contributed by atoms with Crippen molar-refractivity contribution in [3.63, 3.8) is 0 Å². The molecule has 2 rings (SSSR count). The zero-order valence-corrected chi connectivity index (χ0v) is 12.1. The third-order valence-corrected chi connectivity index (χ3v) is 3.36. The molecule has 0 radical (unpaired) electrons. The van der Waals surface area contributed by atoms with Gasteiger partial charge in [0.25, 0.3) is 5.91 Å². The summed E-state index contributed by atoms with van der Waals surface area (Å²) in [5.41, 5.74) is 9.08. The van der Waals surface area contributed by atoms with Crippen LogP contribution in [-0.2, 0) is 13.0 Å². The molecule has 0 aromatic heterocycles. The van der Waals surface area contributed by atoms with Crippen LogP contribution < -0.4 is 11.1 Å². The number of aryl methyl sites for hydroxylation is 1. The van der Waals surface area contributed by atoms with E-state index in [0.29, 0.717) is 18.7 Å². The van der Waals surface area contributed by atoms with Crippen LogP contribution in [0.15, 0.2) is 42.5 Å². The smallest absolute Gasteiger partial charge is 0.251 e. The van der Waals surface area contributed by atoms with E-state index in [9.17, 15) is 9.90 Å². The van der Waals surface area contributed by atoms with Crippen molar-refractivity contribution in [2.75, 3.05) is 6.54 Å². The van der Waals surface area contributed by atoms with E-state index >= 15 is 0 Å². The van der Waals surface area contributed by atoms with Crippen molar-refractivity contribution in [3.05, 3.63) is 64.7 Å². The molecule has 0 unspecified atom stereocenters. The van der Waals surface area contributed by atoms with Crippen LogP contribution in [-0.4, -0.2) is 17.6 Å². The molecule has 0 aliphatic heterocycles. The fourth-order valence-corrected chi connectivity index (χ4v) is 2.17. The molecule has 0 heterocycles. The van der Waals surface area contributed by atoms with Gasteiger partial charge in [0.2, 0.25) is 0 Å². The van der Waals surface area contributed by atoms with E-state index < -0.39 is 0 Å². The molecule has 2 aromatic rings. The van der Waals surface area contributed by atoms with Gasteiger partial charge >= 0.3 is 0 Å². The van der Waals surface area contributed by atoms with Gasteiger partial charge in [0.15, 0.2) is 0 Å². The highest BCUT2D eigenvalue weighted by atomic mass is 16.3. The van der Waals surface area contributed by atoms with Crippen LogP contribution in [0.4, 0.5) is 0 Å². The van der Waals surface area contributed by atoms with Crippen LogP contribution in [0.2, 0.25) is 0 Å². The molecule has 0 atom stereocenters. The van der Waals surface area contributed by atoms with Gasteiger partial charge in [-0.25, -0.2) is 0 Å². The molecule has 0 bridgehead atoms. The lowest BCUT2D eigenvalue weighted by Gasteiger charge is -2.09. The Morgan fingerprint density at radius 2 is 1.81 bits per heavy atom. The predicted octanol–water partition coefficient (Wildman–Crippen LogP) is 2.13. The number of hydrogen-bond acceptors (Lipinski definition) is 3. The van der Waals surface area contributed by atoms with Crippen LogP contribution in [0.5, 0.6) is 5.75 Å². The number of rotatable bonds is 5. The highest BCUT2D eigenvalue weighted by molar-refractivity contribution is 5.95. The Morgan fingerprint density at radius 3 is 2.43 bits per heavy atom. The predicted molar refractivity (Wildman–Crippen MR) is 83.2 cm³/mol. The monoisotopic (exact) mass is 284 g/mol. The molecule has 4 nitrogen and oxygen atoms in total. The van der Waals surface area contributed by atoms with Crippen molar-refractivity contribution < 1.29 is 9.90 Å². The van der Waals surface area contributed by atoms with Crippen molar-refractivity contribution >= 4 is 5.91 Å². The van der Waals surface area contributed by atoms with Crippen molar-refractivity contribution in [1.29, 1.82) is 0 Å². The van der Waals surface area contributed by atoms with Crippen LogP contribution in [0.25, 0.3) is 0 Å².